The van der Waals surface area contributed by atoms with Gasteiger partial charge in [-0.3, -0.25) is 4.79 Å². The number of anilines is 1. The Morgan fingerprint density at radius 3 is 2.69 bits per heavy atom. The normalized spacial score (nSPS) is 24.2. The van der Waals surface area contributed by atoms with Crippen molar-refractivity contribution in [1.82, 2.24) is 4.98 Å². The molecule has 3 heterocycles. The topological polar surface area (TPSA) is 49.8 Å². The highest BCUT2D eigenvalue weighted by atomic mass is 16.5. The second-order valence-corrected chi connectivity index (χ2v) is 8.00. The van der Waals surface area contributed by atoms with Gasteiger partial charge in [-0.15, -0.1) is 0 Å². The fraction of sp³-hybridized carbons (Fsp3) is 0.571. The number of morpholine rings is 1. The molecule has 1 aromatic heterocycles. The molecule has 26 heavy (non-hydrogen) atoms. The fourth-order valence-corrected chi connectivity index (χ4v) is 4.27. The Bertz CT molecular complexity index is 831. The Labute approximate surface area is 154 Å². The molecule has 4 rings (SSSR count). The van der Waals surface area contributed by atoms with E-state index in [0.29, 0.717) is 0 Å². The van der Waals surface area contributed by atoms with Crippen LogP contribution in [-0.2, 0) is 11.3 Å². The second-order valence-electron chi connectivity index (χ2n) is 8.00. The Morgan fingerprint density at radius 2 is 1.96 bits per heavy atom. The van der Waals surface area contributed by atoms with E-state index in [-0.39, 0.29) is 5.43 Å². The van der Waals surface area contributed by atoms with Gasteiger partial charge >= 0.3 is 0 Å². The summed E-state index contributed by atoms with van der Waals surface area (Å²) in [6.07, 6.45) is 2.53. The lowest BCUT2D eigenvalue weighted by Crippen LogP contribution is -3.12. The van der Waals surface area contributed by atoms with Crippen molar-refractivity contribution < 1.29 is 9.64 Å². The third-order valence-electron chi connectivity index (χ3n) is 6.08. The first kappa shape index (κ1) is 17.6. The molecule has 0 aliphatic carbocycles. The van der Waals surface area contributed by atoms with E-state index in [1.807, 2.05) is 13.0 Å². The molecule has 5 heteroatoms. The third kappa shape index (κ3) is 3.51. The van der Waals surface area contributed by atoms with Crippen LogP contribution in [0.15, 0.2) is 23.0 Å². The van der Waals surface area contributed by atoms with E-state index in [4.69, 9.17) is 4.74 Å². The Balaban J connectivity index is 1.66. The summed E-state index contributed by atoms with van der Waals surface area (Å²) in [5, 5.41) is 0.819. The second kappa shape index (κ2) is 7.41. The van der Waals surface area contributed by atoms with Crippen molar-refractivity contribution in [3.63, 3.8) is 0 Å². The summed E-state index contributed by atoms with van der Waals surface area (Å²) in [5.41, 5.74) is 4.25. The zero-order chi connectivity index (χ0) is 18.1. The monoisotopic (exact) mass is 356 g/mol. The van der Waals surface area contributed by atoms with Gasteiger partial charge in [-0.05, 0) is 43.9 Å². The third-order valence-corrected chi connectivity index (χ3v) is 6.08. The van der Waals surface area contributed by atoms with Crippen LogP contribution in [0.2, 0.25) is 0 Å². The van der Waals surface area contributed by atoms with E-state index < -0.39 is 0 Å². The van der Waals surface area contributed by atoms with Gasteiger partial charge in [0.25, 0.3) is 0 Å². The first-order chi connectivity index (χ1) is 12.6. The lowest BCUT2D eigenvalue weighted by atomic mass is 9.98. The zero-order valence-corrected chi connectivity index (χ0v) is 15.9. The smallest absolute Gasteiger partial charge is 0.198 e. The van der Waals surface area contributed by atoms with Gasteiger partial charge in [-0.2, -0.15) is 0 Å². The van der Waals surface area contributed by atoms with Crippen LogP contribution in [0.5, 0.6) is 0 Å². The van der Waals surface area contributed by atoms with Crippen molar-refractivity contribution in [3.8, 4) is 0 Å². The number of nitrogens with one attached hydrogen (secondary N) is 2. The number of H-pyrrole nitrogens is 1. The number of likely N-dealkylation sites (tertiary alicyclic amines) is 1. The molecule has 0 amide bonds. The van der Waals surface area contributed by atoms with Crippen molar-refractivity contribution in [3.05, 3.63) is 39.7 Å². The molecule has 140 valence electrons. The number of hydrogen-bond acceptors (Lipinski definition) is 3. The van der Waals surface area contributed by atoms with Crippen LogP contribution in [0, 0.1) is 12.8 Å². The lowest BCUT2D eigenvalue weighted by molar-refractivity contribution is -0.919. The summed E-state index contributed by atoms with van der Waals surface area (Å²) in [5.74, 6) is 0.825. The van der Waals surface area contributed by atoms with Crippen molar-refractivity contribution >= 4 is 16.6 Å². The number of hydrogen-bond donors (Lipinski definition) is 2. The van der Waals surface area contributed by atoms with Gasteiger partial charge in [0.05, 0.1) is 31.9 Å². The van der Waals surface area contributed by atoms with Gasteiger partial charge in [-0.25, -0.2) is 0 Å². The zero-order valence-electron chi connectivity index (χ0n) is 15.9. The van der Waals surface area contributed by atoms with Gasteiger partial charge in [0.2, 0.25) is 0 Å². The molecule has 1 aromatic carbocycles. The number of fused-ring (bicyclic) bond motifs is 1. The number of rotatable bonds is 3. The van der Waals surface area contributed by atoms with Crippen LogP contribution in [0.4, 0.5) is 5.69 Å². The molecule has 0 bridgehead atoms. The van der Waals surface area contributed by atoms with Crippen LogP contribution in [-0.4, -0.2) is 44.4 Å². The summed E-state index contributed by atoms with van der Waals surface area (Å²) in [6, 6.07) is 6.23. The molecule has 2 fully saturated rings. The number of piperidine rings is 1. The van der Waals surface area contributed by atoms with Crippen molar-refractivity contribution in [2.45, 2.75) is 33.2 Å². The number of ether oxygens (including phenoxy) is 1. The Hall–Kier alpha value is -1.85. The maximum Gasteiger partial charge on any atom is 0.198 e. The molecule has 2 aliphatic heterocycles. The Morgan fingerprint density at radius 1 is 1.23 bits per heavy atom. The van der Waals surface area contributed by atoms with E-state index >= 15 is 0 Å². The average Bonchev–Trinajstić information content (AvgIpc) is 2.67. The SMILES string of the molecule is Cc1[nH]c2ccc(N3CCOCC3)cc2c(=O)c1C[NH+]1CCC(C)CC1. The maximum atomic E-state index is 13.2. The summed E-state index contributed by atoms with van der Waals surface area (Å²) >= 11 is 0. The predicted octanol–water partition coefficient (Wildman–Crippen LogP) is 1.49. The van der Waals surface area contributed by atoms with Crippen molar-refractivity contribution in [2.24, 2.45) is 5.92 Å². The maximum absolute atomic E-state index is 13.2. The molecule has 2 aliphatic rings. The van der Waals surface area contributed by atoms with Crippen LogP contribution in [0.25, 0.3) is 10.9 Å². The molecular weight excluding hydrogens is 326 g/mol. The van der Waals surface area contributed by atoms with Gasteiger partial charge in [0.15, 0.2) is 5.43 Å². The molecule has 2 saturated heterocycles. The first-order valence-electron chi connectivity index (χ1n) is 9.93. The summed E-state index contributed by atoms with van der Waals surface area (Å²) in [7, 11) is 0. The van der Waals surface area contributed by atoms with Crippen LogP contribution < -0.4 is 15.2 Å². The minimum Gasteiger partial charge on any atom is -0.378 e. The number of aromatic amines is 1. The summed E-state index contributed by atoms with van der Waals surface area (Å²) in [6.45, 7) is 10.8. The first-order valence-corrected chi connectivity index (χ1v) is 9.93. The molecule has 0 saturated carbocycles. The number of nitrogens with zero attached hydrogens (tertiary/aromatic N) is 1. The van der Waals surface area contributed by atoms with Crippen molar-refractivity contribution in [1.29, 1.82) is 0 Å². The molecule has 0 radical (unpaired) electrons. The largest absolute Gasteiger partial charge is 0.378 e. The summed E-state index contributed by atoms with van der Waals surface area (Å²) in [4.78, 5) is 20.6. The van der Waals surface area contributed by atoms with Gasteiger partial charge in [0, 0.05) is 35.4 Å². The van der Waals surface area contributed by atoms with Gasteiger partial charge < -0.3 is 19.5 Å². The van der Waals surface area contributed by atoms with Gasteiger partial charge in [0.1, 0.15) is 6.54 Å². The lowest BCUT2D eigenvalue weighted by Gasteiger charge is -2.29. The van der Waals surface area contributed by atoms with E-state index in [2.05, 4.69) is 28.9 Å². The standard InChI is InChI=1S/C21H29N3O2/c1-15-5-7-23(8-6-15)14-19-16(2)22-20-4-3-17(13-18(20)21(19)25)24-9-11-26-12-10-24/h3-4,13,15H,5-12,14H2,1-2H3,(H,22,25)/p+1. The van der Waals surface area contributed by atoms with Crippen LogP contribution in [0.1, 0.15) is 31.0 Å². The van der Waals surface area contributed by atoms with E-state index in [0.717, 1.165) is 66.6 Å². The molecule has 0 unspecified atom stereocenters. The number of aryl methyl sites for hydroxylation is 1. The minimum atomic E-state index is 0.206. The Kier molecular flexibility index (Phi) is 5.00. The molecule has 2 aromatic rings. The number of pyridine rings is 1. The highest BCUT2D eigenvalue weighted by Gasteiger charge is 2.22. The quantitative estimate of drug-likeness (QED) is 0.876. The predicted molar refractivity (Wildman–Crippen MR) is 105 cm³/mol. The molecule has 2 N–H and O–H groups in total. The molecule has 5 nitrogen and oxygen atoms in total. The molecule has 0 atom stereocenters. The number of benzene rings is 1. The highest BCUT2D eigenvalue weighted by Crippen LogP contribution is 2.21. The molecule has 0 spiro atoms. The average molecular weight is 356 g/mol. The van der Waals surface area contributed by atoms with E-state index in [1.165, 1.54) is 25.9 Å². The van der Waals surface area contributed by atoms with Crippen LogP contribution in [0.3, 0.4) is 0 Å². The van der Waals surface area contributed by atoms with Gasteiger partial charge in [-0.1, -0.05) is 6.92 Å². The fourth-order valence-electron chi connectivity index (χ4n) is 4.27. The number of aromatic nitrogens is 1. The van der Waals surface area contributed by atoms with E-state index in [9.17, 15) is 4.79 Å². The number of quaternary nitrogens is 1. The molecular formula is C21H30N3O2+. The van der Waals surface area contributed by atoms with E-state index in [1.54, 1.807) is 4.90 Å². The minimum absolute atomic E-state index is 0.206. The highest BCUT2D eigenvalue weighted by molar-refractivity contribution is 5.83. The summed E-state index contributed by atoms with van der Waals surface area (Å²) < 4.78 is 5.45. The van der Waals surface area contributed by atoms with Crippen LogP contribution >= 0.6 is 0 Å². The van der Waals surface area contributed by atoms with Crippen molar-refractivity contribution in [2.75, 3.05) is 44.3 Å².